The van der Waals surface area contributed by atoms with Gasteiger partial charge >= 0.3 is 0 Å². The zero-order valence-corrected chi connectivity index (χ0v) is 22.2. The summed E-state index contributed by atoms with van der Waals surface area (Å²) in [5.74, 6) is 0.0881. The molecule has 0 aliphatic carbocycles. The second-order valence-electron chi connectivity index (χ2n) is 10.6. The van der Waals surface area contributed by atoms with Crippen molar-refractivity contribution in [2.45, 2.75) is 60.6 Å². The number of hydrogen-bond donors (Lipinski definition) is 4. The van der Waals surface area contributed by atoms with Crippen LogP contribution in [0.25, 0.3) is 17.0 Å². The third-order valence-corrected chi connectivity index (χ3v) is 4.74. The van der Waals surface area contributed by atoms with Crippen molar-refractivity contribution in [1.29, 1.82) is 5.26 Å². The number of aromatic nitrogens is 3. The van der Waals surface area contributed by atoms with Gasteiger partial charge in [-0.25, -0.2) is 9.97 Å². The SMILES string of the molecule is CC(C)(C)C.Cc1c(C#N)cccc1-c1cc(/C(N)=C/NCc2cccc(C(C)(C)O)n2)nc(N)n1. The lowest BCUT2D eigenvalue weighted by molar-refractivity contribution is 0.0736. The number of pyridine rings is 1. The predicted octanol–water partition coefficient (Wildman–Crippen LogP) is 4.63. The second kappa shape index (κ2) is 11.6. The molecule has 6 N–H and O–H groups in total. The fraction of sp³-hybridized carbons (Fsp3) is 0.357. The van der Waals surface area contributed by atoms with Gasteiger partial charge in [0.1, 0.15) is 5.60 Å². The van der Waals surface area contributed by atoms with E-state index in [4.69, 9.17) is 11.5 Å². The monoisotopic (exact) mass is 487 g/mol. The Balaban J connectivity index is 0.000000830. The van der Waals surface area contributed by atoms with Crippen molar-refractivity contribution in [3.63, 3.8) is 0 Å². The maximum absolute atomic E-state index is 10.1. The standard InChI is InChI=1S/C23H25N7O.C5H12/c1-14-15(11-24)6-4-8-17(14)19-10-20(30-22(26)29-19)18(25)13-27-12-16-7-5-9-21(28-16)23(2,3)31;1-5(2,3)4/h4-10,13,27,31H,12,25H2,1-3H3,(H2,26,29,30);1-4H3/b18-13-;. The van der Waals surface area contributed by atoms with E-state index >= 15 is 0 Å². The Bertz CT molecular complexity index is 1260. The predicted molar refractivity (Wildman–Crippen MR) is 145 cm³/mol. The van der Waals surface area contributed by atoms with Crippen LogP contribution in [-0.4, -0.2) is 20.1 Å². The molecule has 0 aliphatic heterocycles. The minimum atomic E-state index is -1.01. The van der Waals surface area contributed by atoms with E-state index in [1.807, 2.05) is 25.1 Å². The molecule has 3 aromatic rings. The Morgan fingerprint density at radius 2 is 1.69 bits per heavy atom. The zero-order valence-electron chi connectivity index (χ0n) is 22.2. The summed E-state index contributed by atoms with van der Waals surface area (Å²) in [6.07, 6.45) is 1.63. The molecule has 8 heteroatoms. The smallest absolute Gasteiger partial charge is 0.221 e. The first-order valence-corrected chi connectivity index (χ1v) is 11.7. The molecule has 8 nitrogen and oxygen atoms in total. The number of nitrogen functional groups attached to an aromatic ring is 1. The number of nitrogens with zero attached hydrogens (tertiary/aromatic N) is 4. The van der Waals surface area contributed by atoms with E-state index < -0.39 is 5.60 Å². The fourth-order valence-electron chi connectivity index (χ4n) is 3.04. The van der Waals surface area contributed by atoms with Crippen molar-refractivity contribution < 1.29 is 5.11 Å². The third kappa shape index (κ3) is 8.67. The highest BCUT2D eigenvalue weighted by atomic mass is 16.3. The average Bonchev–Trinajstić information content (AvgIpc) is 2.77. The van der Waals surface area contributed by atoms with E-state index in [2.05, 4.69) is 54.0 Å². The summed E-state index contributed by atoms with van der Waals surface area (Å²) < 4.78 is 0. The van der Waals surface area contributed by atoms with Gasteiger partial charge in [-0.2, -0.15) is 5.26 Å². The first-order chi connectivity index (χ1) is 16.7. The summed E-state index contributed by atoms with van der Waals surface area (Å²) >= 11 is 0. The van der Waals surface area contributed by atoms with Crippen LogP contribution >= 0.6 is 0 Å². The molecule has 2 aromatic heterocycles. The quantitative estimate of drug-likeness (QED) is 0.393. The van der Waals surface area contributed by atoms with Crippen LogP contribution in [-0.2, 0) is 12.1 Å². The fourth-order valence-corrected chi connectivity index (χ4v) is 3.04. The van der Waals surface area contributed by atoms with Crippen molar-refractivity contribution in [3.8, 4) is 17.3 Å². The Morgan fingerprint density at radius 3 is 2.31 bits per heavy atom. The van der Waals surface area contributed by atoms with Crippen LogP contribution in [0.3, 0.4) is 0 Å². The zero-order chi connectivity index (χ0) is 27.1. The van der Waals surface area contributed by atoms with Gasteiger partial charge in [0.05, 0.1) is 46.7 Å². The first-order valence-electron chi connectivity index (χ1n) is 11.7. The van der Waals surface area contributed by atoms with E-state index in [9.17, 15) is 10.4 Å². The molecular weight excluding hydrogens is 450 g/mol. The minimum absolute atomic E-state index is 0.0881. The maximum atomic E-state index is 10.1. The molecule has 0 unspecified atom stereocenters. The minimum Gasteiger partial charge on any atom is -0.396 e. The van der Waals surface area contributed by atoms with Gasteiger partial charge in [-0.3, -0.25) is 4.98 Å². The molecule has 3 rings (SSSR count). The average molecular weight is 488 g/mol. The number of rotatable bonds is 6. The van der Waals surface area contributed by atoms with Crippen molar-refractivity contribution in [3.05, 3.63) is 76.9 Å². The van der Waals surface area contributed by atoms with Crippen molar-refractivity contribution in [1.82, 2.24) is 20.3 Å². The highest BCUT2D eigenvalue weighted by Gasteiger charge is 2.17. The molecule has 0 aliphatic rings. The lowest BCUT2D eigenvalue weighted by Crippen LogP contribution is -2.19. The molecule has 0 fully saturated rings. The summed E-state index contributed by atoms with van der Waals surface area (Å²) in [6, 6.07) is 14.8. The third-order valence-electron chi connectivity index (χ3n) is 4.74. The number of nitrogens with two attached hydrogens (primary N) is 2. The Kier molecular flexibility index (Phi) is 9.15. The van der Waals surface area contributed by atoms with Gasteiger partial charge in [-0.1, -0.05) is 45.9 Å². The van der Waals surface area contributed by atoms with Gasteiger partial charge in [0.25, 0.3) is 0 Å². The molecule has 1 aromatic carbocycles. The molecule has 0 radical (unpaired) electrons. The highest BCUT2D eigenvalue weighted by Crippen LogP contribution is 2.26. The van der Waals surface area contributed by atoms with Crippen LogP contribution in [0, 0.1) is 23.7 Å². The van der Waals surface area contributed by atoms with Gasteiger partial charge < -0.3 is 21.9 Å². The van der Waals surface area contributed by atoms with Crippen molar-refractivity contribution in [2.24, 2.45) is 11.1 Å². The van der Waals surface area contributed by atoms with E-state index in [1.165, 1.54) is 0 Å². The molecule has 0 saturated heterocycles. The first kappa shape index (κ1) is 28.3. The summed E-state index contributed by atoms with van der Waals surface area (Å²) in [7, 11) is 0. The van der Waals surface area contributed by atoms with Crippen molar-refractivity contribution >= 4 is 11.6 Å². The molecule has 0 atom stereocenters. The lowest BCUT2D eigenvalue weighted by Gasteiger charge is -2.17. The van der Waals surface area contributed by atoms with E-state index in [-0.39, 0.29) is 5.95 Å². The summed E-state index contributed by atoms with van der Waals surface area (Å²) in [5, 5.41) is 22.5. The normalized spacial score (nSPS) is 11.8. The second-order valence-corrected chi connectivity index (χ2v) is 10.6. The van der Waals surface area contributed by atoms with Gasteiger partial charge in [0.15, 0.2) is 0 Å². The molecular formula is C28H37N7O. The number of benzene rings is 1. The van der Waals surface area contributed by atoms with E-state index in [1.54, 1.807) is 44.3 Å². The van der Waals surface area contributed by atoms with Gasteiger partial charge in [0, 0.05) is 11.8 Å². The molecule has 0 saturated carbocycles. The van der Waals surface area contributed by atoms with Crippen LogP contribution in [0.5, 0.6) is 0 Å². The number of anilines is 1. The molecule has 36 heavy (non-hydrogen) atoms. The molecule has 0 bridgehead atoms. The summed E-state index contributed by atoms with van der Waals surface area (Å²) in [5.41, 5.74) is 16.6. The van der Waals surface area contributed by atoms with Gasteiger partial charge in [-0.15, -0.1) is 0 Å². The van der Waals surface area contributed by atoms with Crippen LogP contribution in [0.1, 0.15) is 69.8 Å². The van der Waals surface area contributed by atoms with E-state index in [0.29, 0.717) is 40.3 Å². The summed E-state index contributed by atoms with van der Waals surface area (Å²) in [4.78, 5) is 13.0. The Morgan fingerprint density at radius 1 is 1.06 bits per heavy atom. The van der Waals surface area contributed by atoms with Crippen LogP contribution in [0.4, 0.5) is 5.95 Å². The van der Waals surface area contributed by atoms with Crippen LogP contribution in [0.2, 0.25) is 0 Å². The Hall–Kier alpha value is -3.96. The molecule has 2 heterocycles. The molecule has 0 spiro atoms. The maximum Gasteiger partial charge on any atom is 0.221 e. The Labute approximate surface area is 214 Å². The number of hydrogen-bond acceptors (Lipinski definition) is 8. The van der Waals surface area contributed by atoms with Crippen LogP contribution < -0.4 is 16.8 Å². The topological polar surface area (TPSA) is 147 Å². The van der Waals surface area contributed by atoms with Crippen LogP contribution in [0.15, 0.2) is 48.7 Å². The molecule has 0 amide bonds. The number of nitrogens with one attached hydrogen (secondary N) is 1. The van der Waals surface area contributed by atoms with E-state index in [0.717, 1.165) is 16.8 Å². The highest BCUT2D eigenvalue weighted by molar-refractivity contribution is 5.71. The van der Waals surface area contributed by atoms with Crippen molar-refractivity contribution in [2.75, 3.05) is 5.73 Å². The van der Waals surface area contributed by atoms with Gasteiger partial charge in [0.2, 0.25) is 5.95 Å². The number of aliphatic hydroxyl groups is 1. The number of nitriles is 1. The summed E-state index contributed by atoms with van der Waals surface area (Å²) in [6.45, 7) is 14.4. The lowest BCUT2D eigenvalue weighted by atomic mass is 10.00. The molecule has 190 valence electrons. The largest absolute Gasteiger partial charge is 0.396 e. The van der Waals surface area contributed by atoms with Gasteiger partial charge in [-0.05, 0) is 56.0 Å².